The molecule has 0 aliphatic rings. The summed E-state index contributed by atoms with van der Waals surface area (Å²) in [5, 5.41) is 0. The summed E-state index contributed by atoms with van der Waals surface area (Å²) in [4.78, 5) is 4.70. The number of nitrogens with zero attached hydrogens (tertiary/aromatic N) is 1. The second-order valence-electron chi connectivity index (χ2n) is 9.16. The number of unbranched alkanes of at least 4 members (excludes halogenated alkanes) is 8. The predicted molar refractivity (Wildman–Crippen MR) is 135 cm³/mol. The quantitative estimate of drug-likeness (QED) is 0.237. The van der Waals surface area contributed by atoms with Crippen molar-refractivity contribution in [3.05, 3.63) is 48.2 Å². The van der Waals surface area contributed by atoms with E-state index in [1.54, 1.807) is 0 Å². The number of rotatable bonds is 17. The Morgan fingerprint density at radius 2 is 1.48 bits per heavy atom. The summed E-state index contributed by atoms with van der Waals surface area (Å²) < 4.78 is 5.90. The van der Waals surface area contributed by atoms with Crippen LogP contribution in [0.3, 0.4) is 0 Å². The molecule has 1 aromatic carbocycles. The van der Waals surface area contributed by atoms with Gasteiger partial charge in [0, 0.05) is 11.8 Å². The van der Waals surface area contributed by atoms with Gasteiger partial charge in [0.2, 0.25) is 0 Å². The van der Waals surface area contributed by atoms with E-state index in [-0.39, 0.29) is 0 Å². The topological polar surface area (TPSA) is 22.1 Å². The molecule has 2 rings (SSSR count). The van der Waals surface area contributed by atoms with E-state index in [4.69, 9.17) is 9.72 Å². The molecule has 1 unspecified atom stereocenters. The van der Waals surface area contributed by atoms with E-state index in [0.717, 1.165) is 42.4 Å². The molecule has 2 heteroatoms. The number of hydrogen-bond acceptors (Lipinski definition) is 2. The molecule has 0 amide bonds. The number of ether oxygens (including phenoxy) is 1. The number of aryl methyl sites for hydroxylation is 1. The van der Waals surface area contributed by atoms with Crippen LogP contribution >= 0.6 is 0 Å². The van der Waals surface area contributed by atoms with E-state index in [9.17, 15) is 0 Å². The molecule has 0 saturated heterocycles. The highest BCUT2D eigenvalue weighted by molar-refractivity contribution is 5.60. The van der Waals surface area contributed by atoms with Crippen molar-refractivity contribution in [1.29, 1.82) is 0 Å². The smallest absolute Gasteiger partial charge is 0.119 e. The Labute approximate surface area is 191 Å². The van der Waals surface area contributed by atoms with Crippen LogP contribution < -0.4 is 4.74 Å². The van der Waals surface area contributed by atoms with Gasteiger partial charge in [-0.1, -0.05) is 84.6 Å². The minimum absolute atomic E-state index is 0.807. The molecule has 31 heavy (non-hydrogen) atoms. The zero-order valence-electron chi connectivity index (χ0n) is 20.4. The predicted octanol–water partition coefficient (Wildman–Crippen LogP) is 9.03. The molecule has 0 aliphatic heterocycles. The lowest BCUT2D eigenvalue weighted by molar-refractivity contribution is 0.300. The van der Waals surface area contributed by atoms with Crippen molar-refractivity contribution >= 4 is 0 Å². The lowest BCUT2D eigenvalue weighted by atomic mass is 10.0. The van der Waals surface area contributed by atoms with Gasteiger partial charge in [-0.3, -0.25) is 4.98 Å². The molecule has 1 heterocycles. The first-order chi connectivity index (χ1) is 15.2. The maximum absolute atomic E-state index is 5.90. The standard InChI is InChI=1S/C29H45NO/c1-4-6-7-8-9-10-11-12-16-26-17-22-29(30-24-26)27-18-20-28(21-19-27)31-23-14-13-15-25(3)5-2/h17-22,24-25H,4-16,23H2,1-3H3. The Morgan fingerprint density at radius 1 is 0.774 bits per heavy atom. The molecule has 0 saturated carbocycles. The van der Waals surface area contributed by atoms with Crippen LogP contribution in [-0.4, -0.2) is 11.6 Å². The fourth-order valence-corrected chi connectivity index (χ4v) is 3.92. The largest absolute Gasteiger partial charge is 0.494 e. The van der Waals surface area contributed by atoms with E-state index in [1.807, 2.05) is 0 Å². The van der Waals surface area contributed by atoms with Crippen molar-refractivity contribution < 1.29 is 4.74 Å². The van der Waals surface area contributed by atoms with Crippen molar-refractivity contribution in [3.8, 4) is 17.0 Å². The molecule has 2 aromatic rings. The molecule has 0 radical (unpaired) electrons. The summed E-state index contributed by atoms with van der Waals surface area (Å²) in [7, 11) is 0. The number of hydrogen-bond donors (Lipinski definition) is 0. The number of pyridine rings is 1. The molecule has 2 nitrogen and oxygen atoms in total. The Balaban J connectivity index is 1.65. The van der Waals surface area contributed by atoms with Gasteiger partial charge >= 0.3 is 0 Å². The van der Waals surface area contributed by atoms with Crippen molar-refractivity contribution in [2.75, 3.05) is 6.61 Å². The van der Waals surface area contributed by atoms with E-state index in [0.29, 0.717) is 0 Å². The first-order valence-electron chi connectivity index (χ1n) is 12.9. The minimum Gasteiger partial charge on any atom is -0.494 e. The van der Waals surface area contributed by atoms with Gasteiger partial charge in [-0.25, -0.2) is 0 Å². The van der Waals surface area contributed by atoms with Gasteiger partial charge in [0.05, 0.1) is 12.3 Å². The highest BCUT2D eigenvalue weighted by Gasteiger charge is 2.03. The van der Waals surface area contributed by atoms with E-state index >= 15 is 0 Å². The summed E-state index contributed by atoms with van der Waals surface area (Å²) in [5.41, 5.74) is 3.55. The lowest BCUT2D eigenvalue weighted by Crippen LogP contribution is -1.99. The van der Waals surface area contributed by atoms with E-state index < -0.39 is 0 Å². The molecule has 1 atom stereocenters. The van der Waals surface area contributed by atoms with Crippen molar-refractivity contribution in [3.63, 3.8) is 0 Å². The van der Waals surface area contributed by atoms with Gasteiger partial charge in [-0.15, -0.1) is 0 Å². The van der Waals surface area contributed by atoms with Crippen LogP contribution in [0.15, 0.2) is 42.6 Å². The molecule has 172 valence electrons. The van der Waals surface area contributed by atoms with Crippen LogP contribution in [0.1, 0.15) is 103 Å². The maximum Gasteiger partial charge on any atom is 0.119 e. The van der Waals surface area contributed by atoms with E-state index in [1.165, 1.54) is 76.2 Å². The Hall–Kier alpha value is -1.83. The highest BCUT2D eigenvalue weighted by Crippen LogP contribution is 2.22. The van der Waals surface area contributed by atoms with Crippen LogP contribution in [-0.2, 0) is 6.42 Å². The molecule has 0 spiro atoms. The van der Waals surface area contributed by atoms with E-state index in [2.05, 4.69) is 63.4 Å². The van der Waals surface area contributed by atoms with Crippen LogP contribution in [0.5, 0.6) is 5.75 Å². The third kappa shape index (κ3) is 10.8. The zero-order chi connectivity index (χ0) is 22.2. The van der Waals surface area contributed by atoms with Crippen LogP contribution in [0.25, 0.3) is 11.3 Å². The van der Waals surface area contributed by atoms with Crippen molar-refractivity contribution in [2.45, 2.75) is 104 Å². The first-order valence-corrected chi connectivity index (χ1v) is 12.9. The van der Waals surface area contributed by atoms with Gasteiger partial charge in [0.15, 0.2) is 0 Å². The number of benzene rings is 1. The van der Waals surface area contributed by atoms with Crippen molar-refractivity contribution in [1.82, 2.24) is 4.98 Å². The van der Waals surface area contributed by atoms with Crippen LogP contribution in [0, 0.1) is 5.92 Å². The molecule has 0 aliphatic carbocycles. The molecule has 0 fully saturated rings. The SMILES string of the molecule is CCCCCCCCCCc1ccc(-c2ccc(OCCCCC(C)CC)cc2)nc1. The average Bonchev–Trinajstić information content (AvgIpc) is 2.81. The lowest BCUT2D eigenvalue weighted by Gasteiger charge is -2.09. The average molecular weight is 424 g/mol. The van der Waals surface area contributed by atoms with Gasteiger partial charge < -0.3 is 4.74 Å². The summed E-state index contributed by atoms with van der Waals surface area (Å²) in [5.74, 6) is 1.79. The summed E-state index contributed by atoms with van der Waals surface area (Å²) in [6.07, 6.45) is 19.1. The van der Waals surface area contributed by atoms with Gasteiger partial charge in [-0.2, -0.15) is 0 Å². The Kier molecular flexibility index (Phi) is 13.0. The third-order valence-electron chi connectivity index (χ3n) is 6.35. The third-order valence-corrected chi connectivity index (χ3v) is 6.35. The second kappa shape index (κ2) is 15.9. The summed E-state index contributed by atoms with van der Waals surface area (Å²) >= 11 is 0. The molecule has 0 N–H and O–H groups in total. The molecular weight excluding hydrogens is 378 g/mol. The fraction of sp³-hybridized carbons (Fsp3) is 0.621. The summed E-state index contributed by atoms with van der Waals surface area (Å²) in [6, 6.07) is 12.8. The normalized spacial score (nSPS) is 12.1. The van der Waals surface area contributed by atoms with Crippen LogP contribution in [0.4, 0.5) is 0 Å². The monoisotopic (exact) mass is 423 g/mol. The van der Waals surface area contributed by atoms with Gasteiger partial charge in [0.1, 0.15) is 5.75 Å². The Morgan fingerprint density at radius 3 is 2.13 bits per heavy atom. The zero-order valence-corrected chi connectivity index (χ0v) is 20.4. The molecule has 1 aromatic heterocycles. The summed E-state index contributed by atoms with van der Waals surface area (Å²) in [6.45, 7) is 7.68. The highest BCUT2D eigenvalue weighted by atomic mass is 16.5. The maximum atomic E-state index is 5.90. The van der Waals surface area contributed by atoms with Gasteiger partial charge in [-0.05, 0) is 67.5 Å². The molecular formula is C29H45NO. The van der Waals surface area contributed by atoms with Gasteiger partial charge in [0.25, 0.3) is 0 Å². The minimum atomic E-state index is 0.807. The fourth-order valence-electron chi connectivity index (χ4n) is 3.92. The van der Waals surface area contributed by atoms with Crippen molar-refractivity contribution in [2.24, 2.45) is 5.92 Å². The first kappa shape index (κ1) is 25.4. The van der Waals surface area contributed by atoms with Crippen LogP contribution in [0.2, 0.25) is 0 Å². The second-order valence-corrected chi connectivity index (χ2v) is 9.16. The number of aromatic nitrogens is 1. The molecule has 0 bridgehead atoms. The Bertz CT molecular complexity index is 677.